The zero-order valence-corrected chi connectivity index (χ0v) is 11.1. The number of hydrogen-bond acceptors (Lipinski definition) is 1. The van der Waals surface area contributed by atoms with Crippen molar-refractivity contribution in [2.45, 2.75) is 31.2 Å². The third-order valence-electron chi connectivity index (χ3n) is 3.57. The van der Waals surface area contributed by atoms with Gasteiger partial charge in [0.05, 0.1) is 5.56 Å². The van der Waals surface area contributed by atoms with Crippen LogP contribution in [0.2, 0.25) is 0 Å². The molecule has 0 aromatic heterocycles. The van der Waals surface area contributed by atoms with Gasteiger partial charge in [-0.25, -0.2) is 0 Å². The molecule has 0 saturated heterocycles. The van der Waals surface area contributed by atoms with Crippen LogP contribution in [0.3, 0.4) is 0 Å². The number of fused-ring (bicyclic) bond motifs is 1. The van der Waals surface area contributed by atoms with Crippen LogP contribution in [0.4, 0.5) is 13.2 Å². The Morgan fingerprint density at radius 1 is 1.16 bits per heavy atom. The Labute approximate surface area is 114 Å². The molecule has 1 aliphatic carbocycles. The first kappa shape index (κ1) is 12.9. The molecular weight excluding hydrogens is 269 g/mol. The van der Waals surface area contributed by atoms with E-state index >= 15 is 0 Å². The fourth-order valence-electron chi connectivity index (χ4n) is 2.62. The predicted octanol–water partition coefficient (Wildman–Crippen LogP) is 5.10. The highest BCUT2D eigenvalue weighted by Gasteiger charge is 2.34. The molecule has 1 heterocycles. The van der Waals surface area contributed by atoms with Crippen LogP contribution in [-0.2, 0) is 18.3 Å². The van der Waals surface area contributed by atoms with Gasteiger partial charge in [-0.15, -0.1) is 11.8 Å². The number of hydrogen-bond donors (Lipinski definition) is 0. The topological polar surface area (TPSA) is 0 Å². The van der Waals surface area contributed by atoms with Gasteiger partial charge >= 0.3 is 6.18 Å². The average molecular weight is 282 g/mol. The molecular formula is C15H13F3S. The van der Waals surface area contributed by atoms with E-state index in [9.17, 15) is 13.2 Å². The van der Waals surface area contributed by atoms with Crippen LogP contribution < -0.4 is 0 Å². The molecule has 0 fully saturated rings. The Morgan fingerprint density at radius 3 is 2.79 bits per heavy atom. The van der Waals surface area contributed by atoms with Gasteiger partial charge in [-0.05, 0) is 46.9 Å². The van der Waals surface area contributed by atoms with Crippen molar-refractivity contribution in [2.75, 3.05) is 0 Å². The zero-order chi connectivity index (χ0) is 13.5. The Bertz CT molecular complexity index is 567. The number of alkyl halides is 3. The van der Waals surface area contributed by atoms with E-state index in [-0.39, 0.29) is 0 Å². The van der Waals surface area contributed by atoms with Gasteiger partial charge in [-0.1, -0.05) is 24.3 Å². The summed E-state index contributed by atoms with van der Waals surface area (Å²) >= 11 is 1.57. The third-order valence-corrected chi connectivity index (χ3v) is 4.81. The van der Waals surface area contributed by atoms with Crippen molar-refractivity contribution in [3.8, 4) is 0 Å². The first-order valence-corrected chi connectivity index (χ1v) is 7.23. The van der Waals surface area contributed by atoms with Crippen molar-refractivity contribution in [2.24, 2.45) is 0 Å². The van der Waals surface area contributed by atoms with Gasteiger partial charge in [0.25, 0.3) is 0 Å². The van der Waals surface area contributed by atoms with E-state index < -0.39 is 11.7 Å². The molecule has 0 spiro atoms. The molecule has 1 aromatic carbocycles. The fraction of sp³-hybridized carbons (Fsp3) is 0.333. The van der Waals surface area contributed by atoms with Gasteiger partial charge in [0.2, 0.25) is 0 Å². The second kappa shape index (κ2) is 4.75. The summed E-state index contributed by atoms with van der Waals surface area (Å²) in [7, 11) is 0. The Balaban J connectivity index is 2.04. The second-order valence-corrected chi connectivity index (χ2v) is 5.87. The lowest BCUT2D eigenvalue weighted by Crippen LogP contribution is -2.10. The first-order valence-electron chi connectivity index (χ1n) is 6.25. The summed E-state index contributed by atoms with van der Waals surface area (Å²) in [5, 5.41) is 0. The highest BCUT2D eigenvalue weighted by atomic mass is 32.2. The van der Waals surface area contributed by atoms with Gasteiger partial charge in [0.15, 0.2) is 0 Å². The fourth-order valence-corrected chi connectivity index (χ4v) is 3.86. The zero-order valence-electron chi connectivity index (χ0n) is 10.3. The molecule has 1 aliphatic heterocycles. The maximum Gasteiger partial charge on any atom is 0.416 e. The van der Waals surface area contributed by atoms with Crippen molar-refractivity contribution in [1.29, 1.82) is 0 Å². The van der Waals surface area contributed by atoms with E-state index in [1.54, 1.807) is 11.8 Å². The molecule has 0 atom stereocenters. The molecule has 0 radical (unpaired) electrons. The molecule has 19 heavy (non-hydrogen) atoms. The van der Waals surface area contributed by atoms with Crippen molar-refractivity contribution < 1.29 is 13.2 Å². The van der Waals surface area contributed by atoms with Crippen LogP contribution in [0.25, 0.3) is 0 Å². The number of allylic oxidation sites excluding steroid dienone is 4. The van der Waals surface area contributed by atoms with E-state index in [2.05, 4.69) is 12.2 Å². The van der Waals surface area contributed by atoms with Crippen LogP contribution in [0, 0.1) is 0 Å². The van der Waals surface area contributed by atoms with Crippen molar-refractivity contribution >= 4 is 11.8 Å². The van der Waals surface area contributed by atoms with Crippen LogP contribution in [-0.4, -0.2) is 0 Å². The summed E-state index contributed by atoms with van der Waals surface area (Å²) in [5.41, 5.74) is 2.00. The van der Waals surface area contributed by atoms with E-state index in [0.717, 1.165) is 18.4 Å². The minimum Gasteiger partial charge on any atom is -0.166 e. The Hall–Kier alpha value is -1.16. The van der Waals surface area contributed by atoms with E-state index in [4.69, 9.17) is 0 Å². The second-order valence-electron chi connectivity index (χ2n) is 4.80. The number of rotatable bonds is 0. The van der Waals surface area contributed by atoms with Crippen LogP contribution in [0.15, 0.2) is 40.8 Å². The Kier molecular flexibility index (Phi) is 3.21. The smallest absolute Gasteiger partial charge is 0.166 e. The van der Waals surface area contributed by atoms with Crippen LogP contribution in [0.5, 0.6) is 0 Å². The summed E-state index contributed by atoms with van der Waals surface area (Å²) in [6, 6.07) is 4.54. The molecule has 4 heteroatoms. The minimum atomic E-state index is -4.26. The first-order chi connectivity index (χ1) is 9.05. The lowest BCUT2D eigenvalue weighted by Gasteiger charge is -2.14. The summed E-state index contributed by atoms with van der Waals surface area (Å²) in [4.78, 5) is 1.26. The summed E-state index contributed by atoms with van der Waals surface area (Å²) in [6.45, 7) is 0. The maximum atomic E-state index is 13.0. The summed E-state index contributed by atoms with van der Waals surface area (Å²) in [6.07, 6.45) is 2.50. The van der Waals surface area contributed by atoms with E-state index in [0.29, 0.717) is 17.7 Å². The summed E-state index contributed by atoms with van der Waals surface area (Å²) < 4.78 is 39.1. The molecule has 3 rings (SSSR count). The van der Waals surface area contributed by atoms with Crippen molar-refractivity contribution in [3.05, 3.63) is 57.5 Å². The molecule has 0 saturated carbocycles. The molecule has 0 amide bonds. The molecule has 0 bridgehead atoms. The minimum absolute atomic E-state index is 0.428. The quantitative estimate of drug-likeness (QED) is 0.638. The molecule has 1 aromatic rings. The molecule has 0 unspecified atom stereocenters. The lowest BCUT2D eigenvalue weighted by atomic mass is 9.94. The highest BCUT2D eigenvalue weighted by molar-refractivity contribution is 8.02. The molecule has 100 valence electrons. The molecule has 2 aliphatic rings. The largest absolute Gasteiger partial charge is 0.416 e. The van der Waals surface area contributed by atoms with E-state index in [1.807, 2.05) is 6.07 Å². The third kappa shape index (κ3) is 2.46. The van der Waals surface area contributed by atoms with Crippen molar-refractivity contribution in [1.82, 2.24) is 0 Å². The summed E-state index contributed by atoms with van der Waals surface area (Å²) in [5.74, 6) is 0.428. The van der Waals surface area contributed by atoms with Gasteiger partial charge < -0.3 is 0 Å². The number of thioether (sulfide) groups is 1. The van der Waals surface area contributed by atoms with E-state index in [1.165, 1.54) is 22.6 Å². The normalized spacial score (nSPS) is 18.9. The Morgan fingerprint density at radius 2 is 2.00 bits per heavy atom. The van der Waals surface area contributed by atoms with Crippen LogP contribution >= 0.6 is 11.8 Å². The van der Waals surface area contributed by atoms with Crippen LogP contribution in [0.1, 0.15) is 29.5 Å². The van der Waals surface area contributed by atoms with Gasteiger partial charge in [-0.3, -0.25) is 0 Å². The standard InChI is InChI=1S/C15H13F3S/c16-15(17,18)13-6-3-5-10-8-11-4-1-2-7-14(11)19-9-12(10)13/h1,3-6H,2,7-9H2. The molecule has 0 nitrogen and oxygen atoms in total. The van der Waals surface area contributed by atoms with Gasteiger partial charge in [0, 0.05) is 5.75 Å². The van der Waals surface area contributed by atoms with Crippen molar-refractivity contribution in [3.63, 3.8) is 0 Å². The molecule has 0 N–H and O–H groups in total. The number of halogens is 3. The predicted molar refractivity (Wildman–Crippen MR) is 71.8 cm³/mol. The highest BCUT2D eigenvalue weighted by Crippen LogP contribution is 2.42. The van der Waals surface area contributed by atoms with Gasteiger partial charge in [0.1, 0.15) is 0 Å². The lowest BCUT2D eigenvalue weighted by molar-refractivity contribution is -0.138. The maximum absolute atomic E-state index is 13.0. The number of benzene rings is 1. The monoisotopic (exact) mass is 282 g/mol. The SMILES string of the molecule is FC(F)(F)c1cccc2c1CSC1=C(C=CCC1)C2. The van der Waals surface area contributed by atoms with Gasteiger partial charge in [-0.2, -0.15) is 13.2 Å². The average Bonchev–Trinajstić information content (AvgIpc) is 2.55.